The first kappa shape index (κ1) is 17.5. The number of carbonyl (C=O) groups excluding carboxylic acids is 2. The van der Waals surface area contributed by atoms with Crippen LogP contribution in [0.5, 0.6) is 0 Å². The molecule has 0 bridgehead atoms. The topological polar surface area (TPSA) is 58.2 Å². The predicted molar refractivity (Wildman–Crippen MR) is 102 cm³/mol. The summed E-state index contributed by atoms with van der Waals surface area (Å²) in [4.78, 5) is 25.1. The van der Waals surface area contributed by atoms with Gasteiger partial charge >= 0.3 is 0 Å². The fourth-order valence-corrected chi connectivity index (χ4v) is 3.24. The number of carbonyl (C=O) groups is 2. The van der Waals surface area contributed by atoms with E-state index in [1.54, 1.807) is 36.0 Å². The summed E-state index contributed by atoms with van der Waals surface area (Å²) in [5.74, 6) is 0.875. The molecule has 1 aliphatic rings. The van der Waals surface area contributed by atoms with Crippen LogP contribution in [0.2, 0.25) is 0 Å². The molecule has 0 aromatic heterocycles. The van der Waals surface area contributed by atoms with E-state index in [1.165, 1.54) is 4.90 Å². The SMILES string of the molecule is O=C(CCCSc1ccccc1)Nc1ccc(C(=O)NC2CC2)cc1. The van der Waals surface area contributed by atoms with E-state index in [9.17, 15) is 9.59 Å². The largest absolute Gasteiger partial charge is 0.349 e. The number of rotatable bonds is 8. The van der Waals surface area contributed by atoms with Crippen LogP contribution in [-0.4, -0.2) is 23.6 Å². The summed E-state index contributed by atoms with van der Waals surface area (Å²) >= 11 is 1.76. The molecule has 2 N–H and O–H groups in total. The van der Waals surface area contributed by atoms with Gasteiger partial charge in [0, 0.05) is 28.6 Å². The second-order valence-electron chi connectivity index (χ2n) is 6.14. The minimum Gasteiger partial charge on any atom is -0.349 e. The van der Waals surface area contributed by atoms with Crippen molar-refractivity contribution in [3.8, 4) is 0 Å². The molecular weight excluding hydrogens is 332 g/mol. The molecule has 0 unspecified atom stereocenters. The Kier molecular flexibility index (Phi) is 6.12. The summed E-state index contributed by atoms with van der Waals surface area (Å²) in [7, 11) is 0. The van der Waals surface area contributed by atoms with Crippen molar-refractivity contribution in [2.75, 3.05) is 11.1 Å². The molecule has 130 valence electrons. The summed E-state index contributed by atoms with van der Waals surface area (Å²) < 4.78 is 0. The van der Waals surface area contributed by atoms with Crippen LogP contribution in [-0.2, 0) is 4.79 Å². The number of hydrogen-bond acceptors (Lipinski definition) is 3. The number of thioether (sulfide) groups is 1. The molecule has 0 heterocycles. The number of amides is 2. The van der Waals surface area contributed by atoms with Gasteiger partial charge in [-0.2, -0.15) is 0 Å². The minimum atomic E-state index is -0.0432. The first-order valence-corrected chi connectivity index (χ1v) is 9.58. The smallest absolute Gasteiger partial charge is 0.251 e. The molecule has 25 heavy (non-hydrogen) atoms. The maximum absolute atomic E-state index is 12.0. The van der Waals surface area contributed by atoms with Crippen molar-refractivity contribution < 1.29 is 9.59 Å². The average Bonchev–Trinajstić information content (AvgIpc) is 3.44. The standard InChI is InChI=1S/C20H22N2O2S/c23-19(7-4-14-25-18-5-2-1-3-6-18)21-16-10-8-15(9-11-16)20(24)22-17-12-13-17/h1-3,5-6,8-11,17H,4,7,12-14H2,(H,21,23)(H,22,24). The van der Waals surface area contributed by atoms with E-state index in [2.05, 4.69) is 22.8 Å². The van der Waals surface area contributed by atoms with Crippen LogP contribution in [0, 0.1) is 0 Å². The van der Waals surface area contributed by atoms with Gasteiger partial charge in [-0.05, 0) is 61.4 Å². The molecule has 1 aliphatic carbocycles. The van der Waals surface area contributed by atoms with Crippen molar-refractivity contribution in [2.45, 2.75) is 36.6 Å². The summed E-state index contributed by atoms with van der Waals surface area (Å²) in [6, 6.07) is 17.6. The summed E-state index contributed by atoms with van der Waals surface area (Å²) in [6.45, 7) is 0. The Morgan fingerprint density at radius 1 is 1.00 bits per heavy atom. The monoisotopic (exact) mass is 354 g/mol. The van der Waals surface area contributed by atoms with Gasteiger partial charge in [0.1, 0.15) is 0 Å². The maximum atomic E-state index is 12.0. The van der Waals surface area contributed by atoms with Crippen LogP contribution < -0.4 is 10.6 Å². The molecule has 0 aliphatic heterocycles. The molecule has 4 nitrogen and oxygen atoms in total. The minimum absolute atomic E-state index is 0.00356. The number of anilines is 1. The van der Waals surface area contributed by atoms with E-state index < -0.39 is 0 Å². The third kappa shape index (κ3) is 5.94. The molecule has 0 atom stereocenters. The van der Waals surface area contributed by atoms with Crippen molar-refractivity contribution in [2.24, 2.45) is 0 Å². The zero-order valence-electron chi connectivity index (χ0n) is 14.0. The van der Waals surface area contributed by atoms with Crippen LogP contribution >= 0.6 is 11.8 Å². The van der Waals surface area contributed by atoms with E-state index >= 15 is 0 Å². The van der Waals surface area contributed by atoms with Crippen LogP contribution in [0.1, 0.15) is 36.0 Å². The molecule has 2 aromatic carbocycles. The summed E-state index contributed by atoms with van der Waals surface area (Å²) in [5.41, 5.74) is 1.35. The van der Waals surface area contributed by atoms with Crippen molar-refractivity contribution in [3.05, 3.63) is 60.2 Å². The predicted octanol–water partition coefficient (Wildman–Crippen LogP) is 4.09. The number of hydrogen-bond donors (Lipinski definition) is 2. The highest BCUT2D eigenvalue weighted by atomic mass is 32.2. The Morgan fingerprint density at radius 3 is 2.40 bits per heavy atom. The molecule has 1 fully saturated rings. The fraction of sp³-hybridized carbons (Fsp3) is 0.300. The Morgan fingerprint density at radius 2 is 1.72 bits per heavy atom. The number of nitrogens with one attached hydrogen (secondary N) is 2. The van der Waals surface area contributed by atoms with Crippen LogP contribution in [0.3, 0.4) is 0 Å². The van der Waals surface area contributed by atoms with Gasteiger partial charge in [0.15, 0.2) is 0 Å². The first-order valence-electron chi connectivity index (χ1n) is 8.59. The lowest BCUT2D eigenvalue weighted by atomic mass is 10.2. The second kappa shape index (κ2) is 8.72. The molecule has 0 saturated heterocycles. The van der Waals surface area contributed by atoms with Gasteiger partial charge in [0.05, 0.1) is 0 Å². The van der Waals surface area contributed by atoms with Crippen molar-refractivity contribution in [1.82, 2.24) is 5.32 Å². The van der Waals surface area contributed by atoms with Gasteiger partial charge in [0.25, 0.3) is 5.91 Å². The fourth-order valence-electron chi connectivity index (χ4n) is 2.36. The zero-order valence-corrected chi connectivity index (χ0v) is 14.9. The van der Waals surface area contributed by atoms with E-state index in [1.807, 2.05) is 18.2 Å². The van der Waals surface area contributed by atoms with Crippen LogP contribution in [0.4, 0.5) is 5.69 Å². The van der Waals surface area contributed by atoms with E-state index in [4.69, 9.17) is 0 Å². The van der Waals surface area contributed by atoms with Gasteiger partial charge < -0.3 is 10.6 Å². The Hall–Kier alpha value is -2.27. The molecule has 0 spiro atoms. The second-order valence-corrected chi connectivity index (χ2v) is 7.31. The molecular formula is C20H22N2O2S. The highest BCUT2D eigenvalue weighted by Crippen LogP contribution is 2.20. The van der Waals surface area contributed by atoms with Gasteiger partial charge in [-0.25, -0.2) is 0 Å². The van der Waals surface area contributed by atoms with E-state index in [-0.39, 0.29) is 11.8 Å². The van der Waals surface area contributed by atoms with E-state index in [0.29, 0.717) is 18.0 Å². The quantitative estimate of drug-likeness (QED) is 0.554. The third-order valence-corrected chi connectivity index (χ3v) is 5.00. The van der Waals surface area contributed by atoms with Gasteiger partial charge in [-0.15, -0.1) is 11.8 Å². The molecule has 0 radical (unpaired) electrons. The molecule has 1 saturated carbocycles. The van der Waals surface area contributed by atoms with Gasteiger partial charge in [-0.1, -0.05) is 18.2 Å². The average molecular weight is 354 g/mol. The number of benzene rings is 2. The maximum Gasteiger partial charge on any atom is 0.251 e. The van der Waals surface area contributed by atoms with Crippen molar-refractivity contribution in [3.63, 3.8) is 0 Å². The third-order valence-electron chi connectivity index (χ3n) is 3.90. The van der Waals surface area contributed by atoms with Crippen molar-refractivity contribution in [1.29, 1.82) is 0 Å². The lowest BCUT2D eigenvalue weighted by Crippen LogP contribution is -2.25. The van der Waals surface area contributed by atoms with Crippen LogP contribution in [0.25, 0.3) is 0 Å². The van der Waals surface area contributed by atoms with E-state index in [0.717, 1.165) is 30.7 Å². The molecule has 3 rings (SSSR count). The molecule has 2 amide bonds. The first-order chi connectivity index (χ1) is 12.2. The lowest BCUT2D eigenvalue weighted by Gasteiger charge is -2.07. The van der Waals surface area contributed by atoms with Gasteiger partial charge in [-0.3, -0.25) is 9.59 Å². The zero-order chi connectivity index (χ0) is 17.5. The molecule has 2 aromatic rings. The molecule has 5 heteroatoms. The van der Waals surface area contributed by atoms with Crippen LogP contribution in [0.15, 0.2) is 59.5 Å². The van der Waals surface area contributed by atoms with Gasteiger partial charge in [0.2, 0.25) is 5.91 Å². The summed E-state index contributed by atoms with van der Waals surface area (Å²) in [6.07, 6.45) is 3.46. The Bertz CT molecular complexity index is 712. The highest BCUT2D eigenvalue weighted by molar-refractivity contribution is 7.99. The highest BCUT2D eigenvalue weighted by Gasteiger charge is 2.23. The Labute approximate surface area is 152 Å². The summed E-state index contributed by atoms with van der Waals surface area (Å²) in [5, 5.41) is 5.83. The Balaban J connectivity index is 1.37. The normalized spacial score (nSPS) is 13.3. The van der Waals surface area contributed by atoms with Crippen molar-refractivity contribution >= 4 is 29.3 Å². The lowest BCUT2D eigenvalue weighted by molar-refractivity contribution is -0.116.